The van der Waals surface area contributed by atoms with E-state index in [4.69, 9.17) is 4.74 Å². The molecular formula is C15H17N3O2. The number of anilines is 1. The van der Waals surface area contributed by atoms with Gasteiger partial charge in [0.25, 0.3) is 0 Å². The second-order valence-electron chi connectivity index (χ2n) is 4.93. The molecule has 2 unspecified atom stereocenters. The molecule has 0 spiro atoms. The number of benzene rings is 1. The first-order valence-electron chi connectivity index (χ1n) is 6.68. The Morgan fingerprint density at radius 1 is 1.35 bits per heavy atom. The summed E-state index contributed by atoms with van der Waals surface area (Å²) in [5.41, 5.74) is 0.794. The number of amides is 1. The van der Waals surface area contributed by atoms with E-state index in [-0.39, 0.29) is 17.9 Å². The molecule has 2 N–H and O–H groups in total. The summed E-state index contributed by atoms with van der Waals surface area (Å²) in [7, 11) is 1.85. The van der Waals surface area contributed by atoms with Crippen molar-refractivity contribution in [2.24, 2.45) is 5.92 Å². The smallest absolute Gasteiger partial charge is 0.231 e. The van der Waals surface area contributed by atoms with Crippen molar-refractivity contribution in [1.29, 1.82) is 0 Å². The van der Waals surface area contributed by atoms with Crippen LogP contribution in [0.2, 0.25) is 0 Å². The molecule has 1 saturated heterocycles. The molecule has 20 heavy (non-hydrogen) atoms. The molecule has 104 valence electrons. The fourth-order valence-corrected chi connectivity index (χ4v) is 2.55. The second-order valence-corrected chi connectivity index (χ2v) is 4.93. The minimum absolute atomic E-state index is 0.0156. The molecular weight excluding hydrogens is 254 g/mol. The lowest BCUT2D eigenvalue weighted by atomic mass is 10.0. The standard InChI is InChI=1S/C15H17N3O2/c1-16-14-9-20-8-12(14)15(19)18-13-4-2-3-10-5-6-17-7-11(10)13/h2-7,12,14,16H,8-9H2,1H3,(H,18,19). The lowest BCUT2D eigenvalue weighted by Crippen LogP contribution is -2.39. The predicted molar refractivity (Wildman–Crippen MR) is 77.5 cm³/mol. The number of carbonyl (C=O) groups excluding carboxylic acids is 1. The minimum atomic E-state index is -0.160. The van der Waals surface area contributed by atoms with Crippen LogP contribution in [0.4, 0.5) is 5.69 Å². The highest BCUT2D eigenvalue weighted by atomic mass is 16.5. The number of carbonyl (C=O) groups is 1. The molecule has 2 atom stereocenters. The Bertz CT molecular complexity index is 624. The number of hydrogen-bond donors (Lipinski definition) is 2. The number of aromatic nitrogens is 1. The van der Waals surface area contributed by atoms with Crippen molar-refractivity contribution in [3.8, 4) is 0 Å². The van der Waals surface area contributed by atoms with E-state index in [1.807, 2.05) is 31.3 Å². The number of nitrogens with one attached hydrogen (secondary N) is 2. The van der Waals surface area contributed by atoms with Crippen LogP contribution < -0.4 is 10.6 Å². The minimum Gasteiger partial charge on any atom is -0.379 e. The van der Waals surface area contributed by atoms with Crippen LogP contribution in [-0.2, 0) is 9.53 Å². The fourth-order valence-electron chi connectivity index (χ4n) is 2.55. The first-order chi connectivity index (χ1) is 9.79. The van der Waals surface area contributed by atoms with Crippen LogP contribution >= 0.6 is 0 Å². The first-order valence-corrected chi connectivity index (χ1v) is 6.68. The summed E-state index contributed by atoms with van der Waals surface area (Å²) in [6, 6.07) is 7.83. The van der Waals surface area contributed by atoms with Gasteiger partial charge in [-0.05, 0) is 24.6 Å². The zero-order valence-corrected chi connectivity index (χ0v) is 11.3. The topological polar surface area (TPSA) is 63.2 Å². The molecule has 1 aromatic carbocycles. The van der Waals surface area contributed by atoms with Crippen LogP contribution in [0.15, 0.2) is 36.7 Å². The van der Waals surface area contributed by atoms with E-state index in [0.717, 1.165) is 16.5 Å². The van der Waals surface area contributed by atoms with Gasteiger partial charge in [-0.2, -0.15) is 0 Å². The Hall–Kier alpha value is -1.98. The van der Waals surface area contributed by atoms with Crippen LogP contribution in [-0.4, -0.2) is 37.2 Å². The van der Waals surface area contributed by atoms with Crippen LogP contribution in [0.5, 0.6) is 0 Å². The van der Waals surface area contributed by atoms with Crippen LogP contribution in [0.3, 0.4) is 0 Å². The summed E-state index contributed by atoms with van der Waals surface area (Å²) in [5.74, 6) is -0.176. The maximum Gasteiger partial charge on any atom is 0.231 e. The third kappa shape index (κ3) is 2.37. The Balaban J connectivity index is 1.84. The van der Waals surface area contributed by atoms with Crippen molar-refractivity contribution in [2.75, 3.05) is 25.6 Å². The highest BCUT2D eigenvalue weighted by molar-refractivity contribution is 6.02. The molecule has 0 aliphatic carbocycles. The first kappa shape index (κ1) is 13.0. The molecule has 1 aromatic heterocycles. The number of hydrogen-bond acceptors (Lipinski definition) is 4. The van der Waals surface area contributed by atoms with E-state index in [0.29, 0.717) is 13.2 Å². The van der Waals surface area contributed by atoms with Gasteiger partial charge in [0.15, 0.2) is 0 Å². The molecule has 0 bridgehead atoms. The maximum atomic E-state index is 12.4. The average molecular weight is 271 g/mol. The zero-order chi connectivity index (χ0) is 13.9. The Morgan fingerprint density at radius 2 is 2.25 bits per heavy atom. The molecule has 1 amide bonds. The molecule has 2 heterocycles. The van der Waals surface area contributed by atoms with Crippen molar-refractivity contribution in [2.45, 2.75) is 6.04 Å². The normalized spacial score (nSPS) is 22.1. The second kappa shape index (κ2) is 5.56. The van der Waals surface area contributed by atoms with Gasteiger partial charge in [0.2, 0.25) is 5.91 Å². The largest absolute Gasteiger partial charge is 0.379 e. The fraction of sp³-hybridized carbons (Fsp3) is 0.333. The van der Waals surface area contributed by atoms with E-state index >= 15 is 0 Å². The van der Waals surface area contributed by atoms with Crippen LogP contribution in [0.25, 0.3) is 10.8 Å². The molecule has 5 heteroatoms. The van der Waals surface area contributed by atoms with Crippen molar-refractivity contribution >= 4 is 22.4 Å². The Kier molecular flexibility index (Phi) is 3.62. The van der Waals surface area contributed by atoms with E-state index < -0.39 is 0 Å². The molecule has 1 aliphatic heterocycles. The summed E-state index contributed by atoms with van der Waals surface area (Å²) >= 11 is 0. The lowest BCUT2D eigenvalue weighted by molar-refractivity contribution is -0.120. The summed E-state index contributed by atoms with van der Waals surface area (Å²) in [6.07, 6.45) is 3.52. The van der Waals surface area contributed by atoms with Gasteiger partial charge in [0.05, 0.1) is 24.8 Å². The maximum absolute atomic E-state index is 12.4. The Morgan fingerprint density at radius 3 is 3.10 bits per heavy atom. The number of likely N-dealkylation sites (N-methyl/N-ethyl adjacent to an activating group) is 1. The third-order valence-corrected chi connectivity index (χ3v) is 3.73. The van der Waals surface area contributed by atoms with E-state index in [1.54, 1.807) is 12.4 Å². The molecule has 1 fully saturated rings. The molecule has 1 aliphatic rings. The van der Waals surface area contributed by atoms with Gasteiger partial charge >= 0.3 is 0 Å². The van der Waals surface area contributed by atoms with Crippen molar-refractivity contribution in [3.05, 3.63) is 36.7 Å². The molecule has 0 radical (unpaired) electrons. The van der Waals surface area contributed by atoms with Crippen molar-refractivity contribution in [1.82, 2.24) is 10.3 Å². The van der Waals surface area contributed by atoms with Gasteiger partial charge in [0.1, 0.15) is 0 Å². The molecule has 3 rings (SSSR count). The molecule has 0 saturated carbocycles. The SMILES string of the molecule is CNC1COCC1C(=O)Nc1cccc2ccncc12. The number of nitrogens with zero attached hydrogens (tertiary/aromatic N) is 1. The van der Waals surface area contributed by atoms with Crippen molar-refractivity contribution in [3.63, 3.8) is 0 Å². The monoisotopic (exact) mass is 271 g/mol. The zero-order valence-electron chi connectivity index (χ0n) is 11.3. The van der Waals surface area contributed by atoms with Gasteiger partial charge in [-0.1, -0.05) is 12.1 Å². The van der Waals surface area contributed by atoms with Gasteiger partial charge in [-0.25, -0.2) is 0 Å². The summed E-state index contributed by atoms with van der Waals surface area (Å²) in [4.78, 5) is 16.5. The quantitative estimate of drug-likeness (QED) is 0.886. The Labute approximate surface area is 117 Å². The lowest BCUT2D eigenvalue weighted by Gasteiger charge is -2.17. The summed E-state index contributed by atoms with van der Waals surface area (Å²) < 4.78 is 5.37. The van der Waals surface area contributed by atoms with Gasteiger partial charge in [0, 0.05) is 23.8 Å². The van der Waals surface area contributed by atoms with E-state index in [2.05, 4.69) is 15.6 Å². The van der Waals surface area contributed by atoms with E-state index in [9.17, 15) is 4.79 Å². The summed E-state index contributed by atoms with van der Waals surface area (Å²) in [5, 5.41) is 8.12. The number of rotatable bonds is 3. The highest BCUT2D eigenvalue weighted by Crippen LogP contribution is 2.23. The van der Waals surface area contributed by atoms with Gasteiger partial charge in [-0.3, -0.25) is 9.78 Å². The average Bonchev–Trinajstić information content (AvgIpc) is 2.96. The van der Waals surface area contributed by atoms with Gasteiger partial charge < -0.3 is 15.4 Å². The number of fused-ring (bicyclic) bond motifs is 1. The predicted octanol–water partition coefficient (Wildman–Crippen LogP) is 1.41. The van der Waals surface area contributed by atoms with Gasteiger partial charge in [-0.15, -0.1) is 0 Å². The number of pyridine rings is 1. The molecule has 5 nitrogen and oxygen atoms in total. The molecule has 2 aromatic rings. The van der Waals surface area contributed by atoms with Crippen LogP contribution in [0, 0.1) is 5.92 Å². The highest BCUT2D eigenvalue weighted by Gasteiger charge is 2.33. The summed E-state index contributed by atoms with van der Waals surface area (Å²) in [6.45, 7) is 1.03. The third-order valence-electron chi connectivity index (χ3n) is 3.73. The van der Waals surface area contributed by atoms with Crippen molar-refractivity contribution < 1.29 is 9.53 Å². The van der Waals surface area contributed by atoms with E-state index in [1.165, 1.54) is 0 Å². The number of ether oxygens (including phenoxy) is 1. The van der Waals surface area contributed by atoms with Crippen LogP contribution in [0.1, 0.15) is 0 Å².